The maximum Gasteiger partial charge on any atom is 0.271 e. The lowest BCUT2D eigenvalue weighted by Gasteiger charge is -2.34. The molecule has 29 heavy (non-hydrogen) atoms. The van der Waals surface area contributed by atoms with Gasteiger partial charge < -0.3 is 4.90 Å². The van der Waals surface area contributed by atoms with E-state index in [0.29, 0.717) is 33.9 Å². The Morgan fingerprint density at radius 1 is 0.931 bits per heavy atom. The molecule has 2 heterocycles. The van der Waals surface area contributed by atoms with Gasteiger partial charge in [-0.05, 0) is 35.9 Å². The Morgan fingerprint density at radius 2 is 1.66 bits per heavy atom. The van der Waals surface area contributed by atoms with E-state index in [1.165, 1.54) is 0 Å². The van der Waals surface area contributed by atoms with Gasteiger partial charge in [-0.3, -0.25) is 14.8 Å². The summed E-state index contributed by atoms with van der Waals surface area (Å²) in [7, 11) is 0. The SMILES string of the molecule is O=C(c1cc(-c2ccc(Cl)cc2)n[nH]1)N1CCN(Cc2ccc(Cl)c(Cl)c2)CC1. The van der Waals surface area contributed by atoms with Crippen LogP contribution in [0.3, 0.4) is 0 Å². The summed E-state index contributed by atoms with van der Waals surface area (Å²) in [5.74, 6) is -0.0353. The molecule has 1 aliphatic heterocycles. The fourth-order valence-corrected chi connectivity index (χ4v) is 3.82. The summed E-state index contributed by atoms with van der Waals surface area (Å²) >= 11 is 18.0. The average molecular weight is 450 g/mol. The number of carbonyl (C=O) groups excluding carboxylic acids is 1. The number of piperazine rings is 1. The molecule has 0 spiro atoms. The fraction of sp³-hybridized carbons (Fsp3) is 0.238. The van der Waals surface area contributed by atoms with Crippen molar-refractivity contribution >= 4 is 40.7 Å². The smallest absolute Gasteiger partial charge is 0.271 e. The highest BCUT2D eigenvalue weighted by molar-refractivity contribution is 6.42. The molecule has 1 N–H and O–H groups in total. The predicted octanol–water partition coefficient (Wildman–Crippen LogP) is 4.99. The second kappa shape index (κ2) is 8.76. The second-order valence-electron chi connectivity index (χ2n) is 6.99. The normalized spacial score (nSPS) is 14.9. The molecular weight excluding hydrogens is 431 g/mol. The van der Waals surface area contributed by atoms with E-state index in [1.807, 2.05) is 35.2 Å². The third kappa shape index (κ3) is 4.75. The molecule has 5 nitrogen and oxygen atoms in total. The number of nitrogens with zero attached hydrogens (tertiary/aromatic N) is 3. The molecule has 3 aromatic rings. The van der Waals surface area contributed by atoms with Crippen molar-refractivity contribution in [3.63, 3.8) is 0 Å². The number of aromatic nitrogens is 2. The van der Waals surface area contributed by atoms with Crippen LogP contribution in [0.1, 0.15) is 16.1 Å². The molecule has 2 aromatic carbocycles. The van der Waals surface area contributed by atoms with E-state index in [4.69, 9.17) is 34.8 Å². The minimum absolute atomic E-state index is 0.0353. The molecule has 0 unspecified atom stereocenters. The largest absolute Gasteiger partial charge is 0.335 e. The van der Waals surface area contributed by atoms with Crippen molar-refractivity contribution in [3.8, 4) is 11.3 Å². The van der Waals surface area contributed by atoms with Crippen molar-refractivity contribution in [1.82, 2.24) is 20.0 Å². The van der Waals surface area contributed by atoms with Crippen LogP contribution >= 0.6 is 34.8 Å². The van der Waals surface area contributed by atoms with Gasteiger partial charge in [-0.1, -0.05) is 53.0 Å². The zero-order chi connectivity index (χ0) is 20.4. The maximum atomic E-state index is 12.8. The van der Waals surface area contributed by atoms with Gasteiger partial charge in [0.1, 0.15) is 5.69 Å². The zero-order valence-corrected chi connectivity index (χ0v) is 17.8. The van der Waals surface area contributed by atoms with E-state index in [-0.39, 0.29) is 5.91 Å². The van der Waals surface area contributed by atoms with Crippen LogP contribution in [0.15, 0.2) is 48.5 Å². The molecule has 1 aromatic heterocycles. The molecule has 0 aliphatic carbocycles. The maximum absolute atomic E-state index is 12.8. The molecule has 4 rings (SSSR count). The Kier molecular flexibility index (Phi) is 6.11. The van der Waals surface area contributed by atoms with Crippen molar-refractivity contribution in [3.05, 3.63) is 74.9 Å². The third-order valence-electron chi connectivity index (χ3n) is 5.00. The Labute approximate surface area is 184 Å². The summed E-state index contributed by atoms with van der Waals surface area (Å²) in [5.41, 5.74) is 3.24. The molecule has 0 radical (unpaired) electrons. The third-order valence-corrected chi connectivity index (χ3v) is 5.99. The summed E-state index contributed by atoms with van der Waals surface area (Å²) in [6, 6.07) is 14.9. The lowest BCUT2D eigenvalue weighted by Crippen LogP contribution is -2.48. The van der Waals surface area contributed by atoms with Crippen LogP contribution in [0.2, 0.25) is 15.1 Å². The standard InChI is InChI=1S/C21H19Cl3N4O/c22-16-4-2-15(3-5-16)19-12-20(26-25-19)21(29)28-9-7-27(8-10-28)13-14-1-6-17(23)18(24)11-14/h1-6,11-12H,7-10,13H2,(H,25,26). The van der Waals surface area contributed by atoms with Crippen molar-refractivity contribution < 1.29 is 4.79 Å². The van der Waals surface area contributed by atoms with E-state index >= 15 is 0 Å². The summed E-state index contributed by atoms with van der Waals surface area (Å²) < 4.78 is 0. The number of benzene rings is 2. The number of hydrogen-bond acceptors (Lipinski definition) is 3. The van der Waals surface area contributed by atoms with Gasteiger partial charge in [-0.25, -0.2) is 0 Å². The number of amides is 1. The van der Waals surface area contributed by atoms with Gasteiger partial charge in [0.25, 0.3) is 5.91 Å². The lowest BCUT2D eigenvalue weighted by atomic mass is 10.1. The first-order valence-corrected chi connectivity index (χ1v) is 10.4. The van der Waals surface area contributed by atoms with Crippen molar-refractivity contribution in [2.24, 2.45) is 0 Å². The molecule has 0 atom stereocenters. The van der Waals surface area contributed by atoms with Crippen molar-refractivity contribution in [2.75, 3.05) is 26.2 Å². The minimum atomic E-state index is -0.0353. The van der Waals surface area contributed by atoms with E-state index < -0.39 is 0 Å². The molecule has 0 bridgehead atoms. The Bertz CT molecular complexity index is 1010. The van der Waals surface area contributed by atoms with E-state index in [2.05, 4.69) is 15.1 Å². The summed E-state index contributed by atoms with van der Waals surface area (Å²) in [6.45, 7) is 3.70. The van der Waals surface area contributed by atoms with Crippen LogP contribution in [-0.2, 0) is 6.54 Å². The zero-order valence-electron chi connectivity index (χ0n) is 15.5. The van der Waals surface area contributed by atoms with E-state index in [0.717, 1.165) is 36.5 Å². The second-order valence-corrected chi connectivity index (χ2v) is 8.24. The average Bonchev–Trinajstić information content (AvgIpc) is 3.21. The fourth-order valence-electron chi connectivity index (χ4n) is 3.38. The van der Waals surface area contributed by atoms with Gasteiger partial charge in [0.15, 0.2) is 0 Å². The summed E-state index contributed by atoms with van der Waals surface area (Å²) in [4.78, 5) is 17.0. The number of aromatic amines is 1. The van der Waals surface area contributed by atoms with Gasteiger partial charge in [-0.2, -0.15) is 5.10 Å². The van der Waals surface area contributed by atoms with Gasteiger partial charge in [0.05, 0.1) is 15.7 Å². The lowest BCUT2D eigenvalue weighted by molar-refractivity contribution is 0.0622. The first-order valence-electron chi connectivity index (χ1n) is 9.26. The minimum Gasteiger partial charge on any atom is -0.335 e. The van der Waals surface area contributed by atoms with Crippen LogP contribution in [0.4, 0.5) is 0 Å². The van der Waals surface area contributed by atoms with Crippen molar-refractivity contribution in [1.29, 1.82) is 0 Å². The highest BCUT2D eigenvalue weighted by Gasteiger charge is 2.23. The monoisotopic (exact) mass is 448 g/mol. The van der Waals surface area contributed by atoms with Gasteiger partial charge >= 0.3 is 0 Å². The van der Waals surface area contributed by atoms with E-state index in [9.17, 15) is 4.79 Å². The quantitative estimate of drug-likeness (QED) is 0.610. The highest BCUT2D eigenvalue weighted by Crippen LogP contribution is 2.24. The van der Waals surface area contributed by atoms with Gasteiger partial charge in [-0.15, -0.1) is 0 Å². The highest BCUT2D eigenvalue weighted by atomic mass is 35.5. The first kappa shape index (κ1) is 20.2. The number of H-pyrrole nitrogens is 1. The number of nitrogens with one attached hydrogen (secondary N) is 1. The molecular formula is C21H19Cl3N4O. The number of rotatable bonds is 4. The molecule has 0 saturated carbocycles. The summed E-state index contributed by atoms with van der Waals surface area (Å²) in [5, 5.41) is 8.92. The van der Waals surface area contributed by atoms with E-state index in [1.54, 1.807) is 18.2 Å². The van der Waals surface area contributed by atoms with Gasteiger partial charge in [0, 0.05) is 43.3 Å². The van der Waals surface area contributed by atoms with Crippen LogP contribution < -0.4 is 0 Å². The van der Waals surface area contributed by atoms with Crippen LogP contribution in [0.25, 0.3) is 11.3 Å². The number of hydrogen-bond donors (Lipinski definition) is 1. The Balaban J connectivity index is 1.35. The molecule has 8 heteroatoms. The Morgan fingerprint density at radius 3 is 2.34 bits per heavy atom. The van der Waals surface area contributed by atoms with Crippen LogP contribution in [0.5, 0.6) is 0 Å². The molecule has 1 saturated heterocycles. The molecule has 1 fully saturated rings. The van der Waals surface area contributed by atoms with Crippen molar-refractivity contribution in [2.45, 2.75) is 6.54 Å². The molecule has 150 valence electrons. The topological polar surface area (TPSA) is 52.2 Å². The first-order chi connectivity index (χ1) is 14.0. The molecule has 1 amide bonds. The van der Waals surface area contributed by atoms with Gasteiger partial charge in [0.2, 0.25) is 0 Å². The van der Waals surface area contributed by atoms with Crippen LogP contribution in [-0.4, -0.2) is 52.1 Å². The predicted molar refractivity (Wildman–Crippen MR) is 117 cm³/mol. The molecule has 1 aliphatic rings. The number of carbonyl (C=O) groups is 1. The Hall–Kier alpha value is -2.05. The van der Waals surface area contributed by atoms with Crippen LogP contribution in [0, 0.1) is 0 Å². The number of halogens is 3. The summed E-state index contributed by atoms with van der Waals surface area (Å²) in [6.07, 6.45) is 0.